The van der Waals surface area contributed by atoms with Crippen LogP contribution in [0.4, 0.5) is 0 Å². The van der Waals surface area contributed by atoms with E-state index >= 15 is 0 Å². The van der Waals surface area contributed by atoms with Gasteiger partial charge < -0.3 is 14.3 Å². The Bertz CT molecular complexity index is 784. The number of carboxylic acids is 1. The number of hydrogen-bond acceptors (Lipinski definition) is 5. The number of rotatable bonds is 6. The molecule has 0 saturated carbocycles. The highest BCUT2D eigenvalue weighted by molar-refractivity contribution is 6.30. The first kappa shape index (κ1) is 17.2. The molecule has 0 unspecified atom stereocenters. The zero-order valence-electron chi connectivity index (χ0n) is 13.4. The molecular weight excluding hydrogens is 344 g/mol. The Labute approximate surface area is 149 Å². The first-order chi connectivity index (χ1) is 12.0. The van der Waals surface area contributed by atoms with E-state index in [9.17, 15) is 14.7 Å². The summed E-state index contributed by atoms with van der Waals surface area (Å²) in [5.41, 5.74) is 1.64. The fourth-order valence-corrected chi connectivity index (χ4v) is 2.88. The van der Waals surface area contributed by atoms with E-state index in [4.69, 9.17) is 16.0 Å². The van der Waals surface area contributed by atoms with Gasteiger partial charge in [0.25, 0.3) is 0 Å². The number of carbonyl (C=O) groups is 2. The molecule has 0 aliphatic carbocycles. The molecule has 1 amide bonds. The second-order valence-electron chi connectivity index (χ2n) is 5.75. The van der Waals surface area contributed by atoms with Gasteiger partial charge in [0.05, 0.1) is 12.0 Å². The van der Waals surface area contributed by atoms with Crippen molar-refractivity contribution in [1.82, 2.24) is 5.01 Å². The van der Waals surface area contributed by atoms with Gasteiger partial charge in [-0.1, -0.05) is 23.7 Å². The lowest BCUT2D eigenvalue weighted by Crippen LogP contribution is -2.27. The van der Waals surface area contributed by atoms with E-state index in [1.165, 1.54) is 5.01 Å². The summed E-state index contributed by atoms with van der Waals surface area (Å²) in [7, 11) is 0. The minimum atomic E-state index is -1.16. The van der Waals surface area contributed by atoms with Gasteiger partial charge in [-0.05, 0) is 42.7 Å². The van der Waals surface area contributed by atoms with Crippen LogP contribution < -0.4 is 5.11 Å². The fourth-order valence-electron chi connectivity index (χ4n) is 2.76. The van der Waals surface area contributed by atoms with E-state index in [1.54, 1.807) is 30.5 Å². The van der Waals surface area contributed by atoms with Crippen LogP contribution in [0.2, 0.25) is 5.02 Å². The average molecular weight is 360 g/mol. The highest BCUT2D eigenvalue weighted by Crippen LogP contribution is 2.33. The normalized spacial score (nSPS) is 16.8. The molecule has 1 aromatic heterocycles. The Morgan fingerprint density at radius 1 is 1.24 bits per heavy atom. The smallest absolute Gasteiger partial charge is 0.243 e. The molecule has 1 aliphatic heterocycles. The van der Waals surface area contributed by atoms with Crippen LogP contribution in [0.1, 0.15) is 43.0 Å². The number of hydrazone groups is 1. The van der Waals surface area contributed by atoms with E-state index in [1.807, 2.05) is 12.1 Å². The Hall–Kier alpha value is -2.60. The summed E-state index contributed by atoms with van der Waals surface area (Å²) >= 11 is 5.92. The van der Waals surface area contributed by atoms with Crippen LogP contribution in [-0.4, -0.2) is 22.6 Å². The van der Waals surface area contributed by atoms with Crippen molar-refractivity contribution in [2.24, 2.45) is 5.10 Å². The summed E-state index contributed by atoms with van der Waals surface area (Å²) in [5.74, 6) is -0.769. The van der Waals surface area contributed by atoms with Gasteiger partial charge in [-0.2, -0.15) is 5.10 Å². The van der Waals surface area contributed by atoms with Crippen molar-refractivity contribution in [2.75, 3.05) is 0 Å². The minimum absolute atomic E-state index is 0.0859. The number of halogens is 1. The number of aliphatic carboxylic acids is 1. The van der Waals surface area contributed by atoms with E-state index in [-0.39, 0.29) is 31.2 Å². The lowest BCUT2D eigenvalue weighted by Gasteiger charge is -2.19. The fraction of sp³-hybridized carbons (Fsp3) is 0.278. The maximum absolute atomic E-state index is 12.5. The summed E-state index contributed by atoms with van der Waals surface area (Å²) in [6.45, 7) is 0. The van der Waals surface area contributed by atoms with Crippen LogP contribution in [0.15, 0.2) is 52.2 Å². The Morgan fingerprint density at radius 2 is 2.00 bits per heavy atom. The molecule has 1 aromatic carbocycles. The highest BCUT2D eigenvalue weighted by Gasteiger charge is 2.34. The monoisotopic (exact) mass is 359 g/mol. The third-order valence-corrected chi connectivity index (χ3v) is 4.24. The molecule has 0 radical (unpaired) electrons. The van der Waals surface area contributed by atoms with E-state index in [0.717, 1.165) is 11.3 Å². The van der Waals surface area contributed by atoms with Gasteiger partial charge in [-0.3, -0.25) is 4.79 Å². The van der Waals surface area contributed by atoms with E-state index in [0.29, 0.717) is 17.2 Å². The number of carbonyl (C=O) groups excluding carboxylic acids is 2. The number of amides is 1. The molecule has 130 valence electrons. The molecule has 3 rings (SSSR count). The molecule has 0 N–H and O–H groups in total. The second kappa shape index (κ2) is 7.53. The van der Waals surface area contributed by atoms with Crippen LogP contribution in [0.3, 0.4) is 0 Å². The van der Waals surface area contributed by atoms with Crippen LogP contribution in [0.5, 0.6) is 0 Å². The van der Waals surface area contributed by atoms with Crippen molar-refractivity contribution in [3.05, 3.63) is 59.0 Å². The lowest BCUT2D eigenvalue weighted by atomic mass is 10.0. The van der Waals surface area contributed by atoms with Gasteiger partial charge >= 0.3 is 0 Å². The van der Waals surface area contributed by atoms with Crippen molar-refractivity contribution >= 4 is 29.2 Å². The highest BCUT2D eigenvalue weighted by atomic mass is 35.5. The molecule has 7 heteroatoms. The Morgan fingerprint density at radius 3 is 2.64 bits per heavy atom. The van der Waals surface area contributed by atoms with E-state index in [2.05, 4.69) is 5.10 Å². The van der Waals surface area contributed by atoms with Gasteiger partial charge in [-0.25, -0.2) is 5.01 Å². The molecule has 6 nitrogen and oxygen atoms in total. The SMILES string of the molecule is O=C([O-])CCCC(=O)N1N=C(c2ccc(Cl)cc2)C[C@@H]1c1ccco1. The van der Waals surface area contributed by atoms with Crippen molar-refractivity contribution in [1.29, 1.82) is 0 Å². The molecular formula is C18H16ClN2O4-. The summed E-state index contributed by atoms with van der Waals surface area (Å²) in [6, 6.07) is 10.5. The topological polar surface area (TPSA) is 85.9 Å². The molecule has 0 saturated heterocycles. The zero-order chi connectivity index (χ0) is 17.8. The van der Waals surface area contributed by atoms with Crippen molar-refractivity contribution in [3.8, 4) is 0 Å². The van der Waals surface area contributed by atoms with Crippen molar-refractivity contribution in [3.63, 3.8) is 0 Å². The van der Waals surface area contributed by atoms with E-state index < -0.39 is 5.97 Å². The van der Waals surface area contributed by atoms with Gasteiger partial charge in [0.2, 0.25) is 5.91 Å². The first-order valence-electron chi connectivity index (χ1n) is 7.93. The quantitative estimate of drug-likeness (QED) is 0.793. The molecule has 0 bridgehead atoms. The Kier molecular flexibility index (Phi) is 5.19. The average Bonchev–Trinajstić information content (AvgIpc) is 3.24. The van der Waals surface area contributed by atoms with Gasteiger partial charge in [0.15, 0.2) is 0 Å². The maximum atomic E-state index is 12.5. The zero-order valence-corrected chi connectivity index (χ0v) is 14.1. The van der Waals surface area contributed by atoms with Gasteiger partial charge in [0, 0.05) is 23.8 Å². The Balaban J connectivity index is 1.80. The number of furan rings is 1. The van der Waals surface area contributed by atoms with Gasteiger partial charge in [-0.15, -0.1) is 0 Å². The minimum Gasteiger partial charge on any atom is -0.550 e. The first-order valence-corrected chi connectivity index (χ1v) is 8.31. The molecule has 0 fully saturated rings. The molecule has 2 heterocycles. The molecule has 0 spiro atoms. The van der Waals surface area contributed by atoms with Crippen LogP contribution in [-0.2, 0) is 9.59 Å². The van der Waals surface area contributed by atoms with Crippen LogP contribution in [0.25, 0.3) is 0 Å². The summed E-state index contributed by atoms with van der Waals surface area (Å²) in [4.78, 5) is 23.0. The third kappa shape index (κ3) is 4.09. The molecule has 1 atom stereocenters. The standard InChI is InChI=1S/C18H17ClN2O4/c19-13-8-6-12(7-9-13)14-11-15(16-3-2-10-25-16)21(20-14)17(22)4-1-5-18(23)24/h2-3,6-10,15H,1,4-5,11H2,(H,23,24)/p-1/t15-/m1/s1. The predicted molar refractivity (Wildman–Crippen MR) is 89.8 cm³/mol. The van der Waals surface area contributed by atoms with Crippen molar-refractivity contribution in [2.45, 2.75) is 31.7 Å². The van der Waals surface area contributed by atoms with Crippen LogP contribution >= 0.6 is 11.6 Å². The van der Waals surface area contributed by atoms with Gasteiger partial charge in [0.1, 0.15) is 11.8 Å². The number of benzene rings is 1. The third-order valence-electron chi connectivity index (χ3n) is 3.99. The maximum Gasteiger partial charge on any atom is 0.243 e. The number of carboxylic acid groups (broad SMARTS) is 1. The summed E-state index contributed by atoms with van der Waals surface area (Å²) in [6.07, 6.45) is 2.21. The number of hydrogen-bond donors (Lipinski definition) is 0. The van der Waals surface area contributed by atoms with Crippen LogP contribution in [0, 0.1) is 0 Å². The second-order valence-corrected chi connectivity index (χ2v) is 6.19. The molecule has 25 heavy (non-hydrogen) atoms. The predicted octanol–water partition coefficient (Wildman–Crippen LogP) is 2.53. The summed E-state index contributed by atoms with van der Waals surface area (Å²) in [5, 5.41) is 17.0. The molecule has 2 aromatic rings. The summed E-state index contributed by atoms with van der Waals surface area (Å²) < 4.78 is 5.45. The number of nitrogens with zero attached hydrogens (tertiary/aromatic N) is 2. The largest absolute Gasteiger partial charge is 0.550 e. The van der Waals surface area contributed by atoms with Crippen molar-refractivity contribution < 1.29 is 19.1 Å². The molecule has 1 aliphatic rings. The lowest BCUT2D eigenvalue weighted by molar-refractivity contribution is -0.305.